The molecule has 2 N–H and O–H groups in total. The SMILES string of the molecule is CCOC(=O)C1(c2ccc(-c3ccc(-c4sc(Cl)cc4NC)cc3NC(=O)OC(C)(C)C)cc2)CC1. The van der Waals surface area contributed by atoms with E-state index in [1.807, 2.05) is 83.3 Å². The number of amides is 1. The minimum atomic E-state index is -0.629. The van der Waals surface area contributed by atoms with Crippen molar-refractivity contribution in [2.24, 2.45) is 0 Å². The van der Waals surface area contributed by atoms with Crippen LogP contribution in [0.5, 0.6) is 0 Å². The smallest absolute Gasteiger partial charge is 0.412 e. The Morgan fingerprint density at radius 1 is 1.03 bits per heavy atom. The van der Waals surface area contributed by atoms with Crippen LogP contribution in [0.3, 0.4) is 0 Å². The third kappa shape index (κ3) is 5.52. The van der Waals surface area contributed by atoms with Crippen LogP contribution in [0.1, 0.15) is 46.1 Å². The van der Waals surface area contributed by atoms with Crippen molar-refractivity contribution in [3.05, 3.63) is 58.4 Å². The Labute approximate surface area is 221 Å². The fourth-order valence-electron chi connectivity index (χ4n) is 4.19. The molecule has 190 valence electrons. The number of benzene rings is 2. The highest BCUT2D eigenvalue weighted by molar-refractivity contribution is 7.20. The van der Waals surface area contributed by atoms with Crippen molar-refractivity contribution in [2.45, 2.75) is 51.6 Å². The first-order valence-corrected chi connectivity index (χ1v) is 13.2. The highest BCUT2D eigenvalue weighted by Crippen LogP contribution is 2.50. The van der Waals surface area contributed by atoms with E-state index in [0.29, 0.717) is 16.6 Å². The molecule has 0 aliphatic heterocycles. The zero-order valence-electron chi connectivity index (χ0n) is 21.2. The number of thiophene rings is 1. The topological polar surface area (TPSA) is 76.7 Å². The molecular formula is C28H31ClN2O4S. The number of carbonyl (C=O) groups excluding carboxylic acids is 2. The van der Waals surface area contributed by atoms with E-state index in [0.717, 1.165) is 45.7 Å². The van der Waals surface area contributed by atoms with Gasteiger partial charge in [0.05, 0.1) is 32.6 Å². The lowest BCUT2D eigenvalue weighted by atomic mass is 9.93. The highest BCUT2D eigenvalue weighted by atomic mass is 35.5. The van der Waals surface area contributed by atoms with Crippen molar-refractivity contribution >= 4 is 46.4 Å². The number of esters is 1. The van der Waals surface area contributed by atoms with Crippen molar-refractivity contribution in [3.8, 4) is 21.6 Å². The number of anilines is 2. The van der Waals surface area contributed by atoms with Crippen LogP contribution in [-0.4, -0.2) is 31.3 Å². The number of carbonyl (C=O) groups is 2. The normalized spacial score (nSPS) is 14.2. The van der Waals surface area contributed by atoms with Crippen molar-refractivity contribution in [2.75, 3.05) is 24.3 Å². The number of halogens is 1. The third-order valence-corrected chi connectivity index (χ3v) is 7.37. The molecule has 0 spiro atoms. The molecule has 0 saturated heterocycles. The summed E-state index contributed by atoms with van der Waals surface area (Å²) < 4.78 is 11.5. The monoisotopic (exact) mass is 526 g/mol. The molecule has 2 aromatic carbocycles. The lowest BCUT2D eigenvalue weighted by Gasteiger charge is -2.21. The maximum absolute atomic E-state index is 12.7. The Kier molecular flexibility index (Phi) is 7.34. The summed E-state index contributed by atoms with van der Waals surface area (Å²) in [5.74, 6) is -0.163. The summed E-state index contributed by atoms with van der Waals surface area (Å²) in [4.78, 5) is 26.2. The van der Waals surface area contributed by atoms with Gasteiger partial charge in [-0.3, -0.25) is 10.1 Å². The second-order valence-electron chi connectivity index (χ2n) is 9.81. The van der Waals surface area contributed by atoms with Gasteiger partial charge in [0, 0.05) is 12.6 Å². The fraction of sp³-hybridized carbons (Fsp3) is 0.357. The van der Waals surface area contributed by atoms with Crippen molar-refractivity contribution in [1.82, 2.24) is 0 Å². The van der Waals surface area contributed by atoms with E-state index in [2.05, 4.69) is 10.6 Å². The predicted molar refractivity (Wildman–Crippen MR) is 147 cm³/mol. The maximum Gasteiger partial charge on any atom is 0.412 e. The molecular weight excluding hydrogens is 496 g/mol. The Bertz CT molecular complexity index is 1270. The lowest BCUT2D eigenvalue weighted by molar-refractivity contribution is -0.146. The van der Waals surface area contributed by atoms with Gasteiger partial charge in [-0.2, -0.15) is 0 Å². The van der Waals surface area contributed by atoms with E-state index in [9.17, 15) is 9.59 Å². The van der Waals surface area contributed by atoms with E-state index in [1.54, 1.807) is 0 Å². The minimum Gasteiger partial charge on any atom is -0.465 e. The predicted octanol–water partition coefficient (Wildman–Crippen LogP) is 7.72. The Hall–Kier alpha value is -3.03. The Morgan fingerprint density at radius 2 is 1.69 bits per heavy atom. The molecule has 1 aliphatic carbocycles. The number of hydrogen-bond acceptors (Lipinski definition) is 6. The van der Waals surface area contributed by atoms with E-state index < -0.39 is 17.1 Å². The van der Waals surface area contributed by atoms with Crippen LogP contribution in [0, 0.1) is 0 Å². The molecule has 0 radical (unpaired) electrons. The van der Waals surface area contributed by atoms with Crippen LogP contribution in [0.4, 0.5) is 16.2 Å². The van der Waals surface area contributed by atoms with E-state index >= 15 is 0 Å². The summed E-state index contributed by atoms with van der Waals surface area (Å²) >= 11 is 7.74. The van der Waals surface area contributed by atoms with Gasteiger partial charge in [0.2, 0.25) is 0 Å². The molecule has 36 heavy (non-hydrogen) atoms. The van der Waals surface area contributed by atoms with Crippen LogP contribution >= 0.6 is 22.9 Å². The fourth-order valence-corrected chi connectivity index (χ4v) is 5.42. The summed E-state index contributed by atoms with van der Waals surface area (Å²) in [5.41, 5.74) is 4.00. The van der Waals surface area contributed by atoms with Gasteiger partial charge in [0.15, 0.2) is 0 Å². The van der Waals surface area contributed by atoms with Crippen LogP contribution in [0.25, 0.3) is 21.6 Å². The molecule has 1 heterocycles. The van der Waals surface area contributed by atoms with Crippen LogP contribution < -0.4 is 10.6 Å². The van der Waals surface area contributed by atoms with Crippen molar-refractivity contribution in [1.29, 1.82) is 0 Å². The average Bonchev–Trinajstić information content (AvgIpc) is 3.54. The zero-order valence-corrected chi connectivity index (χ0v) is 22.7. The summed E-state index contributed by atoms with van der Waals surface area (Å²) in [6.07, 6.45) is 1.06. The summed E-state index contributed by atoms with van der Waals surface area (Å²) in [6.45, 7) is 7.67. The number of hydrogen-bond donors (Lipinski definition) is 2. The Balaban J connectivity index is 1.71. The second-order valence-corrected chi connectivity index (χ2v) is 11.5. The first kappa shape index (κ1) is 26.0. The molecule has 0 unspecified atom stereocenters. The standard InChI is InChI=1S/C28H31ClN2O4S/c1-6-34-25(32)28(13-14-28)19-10-7-17(8-11-19)20-12-9-18(24-22(30-5)16-23(29)36-24)15-21(20)31-26(33)35-27(2,3)4/h7-12,15-16,30H,6,13-14H2,1-5H3,(H,31,33). The van der Waals surface area contributed by atoms with Gasteiger partial charge in [-0.25, -0.2) is 4.79 Å². The molecule has 6 nitrogen and oxygen atoms in total. The molecule has 1 aliphatic rings. The molecule has 1 saturated carbocycles. The van der Waals surface area contributed by atoms with Gasteiger partial charge >= 0.3 is 12.1 Å². The molecule has 8 heteroatoms. The molecule has 1 aromatic heterocycles. The van der Waals surface area contributed by atoms with E-state index in [1.165, 1.54) is 11.3 Å². The van der Waals surface area contributed by atoms with Gasteiger partial charge in [0.25, 0.3) is 0 Å². The molecule has 0 atom stereocenters. The largest absolute Gasteiger partial charge is 0.465 e. The average molecular weight is 527 g/mol. The number of nitrogens with one attached hydrogen (secondary N) is 2. The molecule has 1 fully saturated rings. The molecule has 0 bridgehead atoms. The molecule has 1 amide bonds. The van der Waals surface area contributed by atoms with Gasteiger partial charge in [-0.15, -0.1) is 11.3 Å². The van der Waals surface area contributed by atoms with Gasteiger partial charge in [0.1, 0.15) is 5.60 Å². The number of ether oxygens (including phenoxy) is 2. The quantitative estimate of drug-likeness (QED) is 0.308. The summed E-state index contributed by atoms with van der Waals surface area (Å²) in [7, 11) is 1.85. The number of rotatable bonds is 7. The minimum absolute atomic E-state index is 0.163. The van der Waals surface area contributed by atoms with Gasteiger partial charge < -0.3 is 14.8 Å². The van der Waals surface area contributed by atoms with Crippen molar-refractivity contribution in [3.63, 3.8) is 0 Å². The summed E-state index contributed by atoms with van der Waals surface area (Å²) in [5, 5.41) is 6.10. The lowest BCUT2D eigenvalue weighted by Crippen LogP contribution is -2.27. The van der Waals surface area contributed by atoms with Gasteiger partial charge in [-0.05, 0) is 69.4 Å². The zero-order chi connectivity index (χ0) is 26.1. The summed E-state index contributed by atoms with van der Waals surface area (Å²) in [6, 6.07) is 15.7. The second kappa shape index (κ2) is 10.1. The van der Waals surface area contributed by atoms with Crippen LogP contribution in [0.15, 0.2) is 48.5 Å². The Morgan fingerprint density at radius 3 is 2.28 bits per heavy atom. The third-order valence-electron chi connectivity index (χ3n) is 6.05. The molecule has 3 aromatic rings. The highest BCUT2D eigenvalue weighted by Gasteiger charge is 2.52. The van der Waals surface area contributed by atoms with Crippen molar-refractivity contribution < 1.29 is 19.1 Å². The van der Waals surface area contributed by atoms with E-state index in [4.69, 9.17) is 21.1 Å². The van der Waals surface area contributed by atoms with Crippen LogP contribution in [-0.2, 0) is 19.7 Å². The molecule has 4 rings (SSSR count). The van der Waals surface area contributed by atoms with Gasteiger partial charge in [-0.1, -0.05) is 48.0 Å². The maximum atomic E-state index is 12.7. The van der Waals surface area contributed by atoms with E-state index in [-0.39, 0.29) is 5.97 Å². The van der Waals surface area contributed by atoms with Crippen LogP contribution in [0.2, 0.25) is 4.34 Å². The first-order valence-electron chi connectivity index (χ1n) is 12.0. The first-order chi connectivity index (χ1) is 17.1.